The Balaban J connectivity index is 1.23. The van der Waals surface area contributed by atoms with E-state index in [2.05, 4.69) is 28.5 Å². The maximum absolute atomic E-state index is 15.2. The minimum Gasteiger partial charge on any atom is -0.345 e. The monoisotopic (exact) mass is 554 g/mol. The summed E-state index contributed by atoms with van der Waals surface area (Å²) >= 11 is 0. The zero-order valence-corrected chi connectivity index (χ0v) is 23.6. The number of benzene rings is 1. The van der Waals surface area contributed by atoms with Crippen molar-refractivity contribution in [3.8, 4) is 0 Å². The van der Waals surface area contributed by atoms with Crippen LogP contribution < -0.4 is 0 Å². The van der Waals surface area contributed by atoms with Crippen LogP contribution in [-0.2, 0) is 17.9 Å². The molecular weight excluding hydrogens is 519 g/mol. The van der Waals surface area contributed by atoms with Crippen molar-refractivity contribution in [1.82, 2.24) is 28.7 Å². The number of amides is 2. The number of allylic oxidation sites excluding steroid dienone is 2. The van der Waals surface area contributed by atoms with E-state index in [1.165, 1.54) is 0 Å². The molecule has 3 aliphatic rings. The van der Waals surface area contributed by atoms with Gasteiger partial charge in [-0.05, 0) is 74.7 Å². The van der Waals surface area contributed by atoms with E-state index in [1.807, 2.05) is 51.0 Å². The number of carbonyl (C=O) groups is 2. The average molecular weight is 555 g/mol. The predicted molar refractivity (Wildman–Crippen MR) is 157 cm³/mol. The molecule has 4 aromatic rings. The Labute approximate surface area is 238 Å². The number of imidazole rings is 1. The Kier molecular flexibility index (Phi) is 6.42. The van der Waals surface area contributed by atoms with E-state index >= 15 is 4.39 Å². The molecule has 2 aliphatic heterocycles. The van der Waals surface area contributed by atoms with E-state index < -0.39 is 0 Å². The van der Waals surface area contributed by atoms with Crippen LogP contribution in [0, 0.1) is 11.7 Å². The Morgan fingerprint density at radius 2 is 1.90 bits per heavy atom. The van der Waals surface area contributed by atoms with Crippen molar-refractivity contribution in [2.45, 2.75) is 38.8 Å². The lowest BCUT2D eigenvalue weighted by Crippen LogP contribution is -2.47. The van der Waals surface area contributed by atoms with Crippen LogP contribution in [0.4, 0.5) is 9.18 Å². The maximum Gasteiger partial charge on any atom is 0.320 e. The number of halogens is 1. The Bertz CT molecular complexity index is 1710. The van der Waals surface area contributed by atoms with Gasteiger partial charge in [-0.3, -0.25) is 9.20 Å². The molecule has 0 unspecified atom stereocenters. The average Bonchev–Trinajstić information content (AvgIpc) is 3.61. The first-order valence-electron chi connectivity index (χ1n) is 14.6. The zero-order valence-electron chi connectivity index (χ0n) is 23.6. The highest BCUT2D eigenvalue weighted by Gasteiger charge is 2.33. The van der Waals surface area contributed by atoms with Gasteiger partial charge in [0.05, 0.1) is 17.4 Å². The molecule has 9 heteroatoms. The number of rotatable bonds is 4. The van der Waals surface area contributed by atoms with Crippen LogP contribution in [0.25, 0.3) is 27.7 Å². The maximum atomic E-state index is 15.2. The highest BCUT2D eigenvalue weighted by Crippen LogP contribution is 2.42. The molecule has 212 valence electrons. The second kappa shape index (κ2) is 10.1. The lowest BCUT2D eigenvalue weighted by molar-refractivity contribution is -0.113. The molecule has 0 radical (unpaired) electrons. The van der Waals surface area contributed by atoms with Crippen LogP contribution in [0.15, 0.2) is 48.9 Å². The number of nitrogens with zero attached hydrogens (tertiary/aromatic N) is 6. The van der Waals surface area contributed by atoms with Gasteiger partial charge >= 0.3 is 6.03 Å². The number of hydrogen-bond acceptors (Lipinski definition) is 4. The minimum absolute atomic E-state index is 0.0280. The summed E-state index contributed by atoms with van der Waals surface area (Å²) in [5.41, 5.74) is 5.79. The SMILES string of the molecule is CN(C)CC1CCN(C(=O)N2CCn3cc(C4=C(c5cnc6ccccn56)CCC4=O)c4cc(F)cc(c43)C2)CC1. The Morgan fingerprint density at radius 1 is 1.07 bits per heavy atom. The van der Waals surface area contributed by atoms with Crippen molar-refractivity contribution in [1.29, 1.82) is 0 Å². The van der Waals surface area contributed by atoms with Crippen molar-refractivity contribution in [3.05, 3.63) is 71.6 Å². The van der Waals surface area contributed by atoms with E-state index in [-0.39, 0.29) is 17.6 Å². The number of piperidine rings is 1. The van der Waals surface area contributed by atoms with Crippen molar-refractivity contribution in [2.75, 3.05) is 40.3 Å². The number of hydrogen-bond donors (Lipinski definition) is 0. The first kappa shape index (κ1) is 26.0. The van der Waals surface area contributed by atoms with Crippen LogP contribution in [0.2, 0.25) is 0 Å². The van der Waals surface area contributed by atoms with E-state index in [9.17, 15) is 9.59 Å². The number of ketones is 1. The molecule has 1 aromatic carbocycles. The third-order valence-electron chi connectivity index (χ3n) is 8.95. The fourth-order valence-electron chi connectivity index (χ4n) is 7.07. The first-order chi connectivity index (χ1) is 19.9. The van der Waals surface area contributed by atoms with Crippen LogP contribution in [0.1, 0.15) is 42.5 Å². The second-order valence-electron chi connectivity index (χ2n) is 11.9. The van der Waals surface area contributed by atoms with Crippen molar-refractivity contribution >= 4 is 39.5 Å². The van der Waals surface area contributed by atoms with Gasteiger partial charge in [-0.2, -0.15) is 0 Å². The summed E-state index contributed by atoms with van der Waals surface area (Å²) in [5.74, 6) is 0.327. The van der Waals surface area contributed by atoms with Gasteiger partial charge < -0.3 is 19.3 Å². The van der Waals surface area contributed by atoms with E-state index in [0.29, 0.717) is 44.0 Å². The van der Waals surface area contributed by atoms with Crippen LogP contribution in [0.3, 0.4) is 0 Å². The van der Waals surface area contributed by atoms with Crippen molar-refractivity contribution in [3.63, 3.8) is 0 Å². The molecule has 1 saturated heterocycles. The Hall–Kier alpha value is -3.98. The topological polar surface area (TPSA) is 66.1 Å². The van der Waals surface area contributed by atoms with Gasteiger partial charge in [-0.15, -0.1) is 0 Å². The third kappa shape index (κ3) is 4.52. The molecule has 5 heterocycles. The van der Waals surface area contributed by atoms with Gasteiger partial charge in [0.15, 0.2) is 5.78 Å². The van der Waals surface area contributed by atoms with Crippen LogP contribution >= 0.6 is 0 Å². The number of aromatic nitrogens is 3. The molecule has 1 aliphatic carbocycles. The molecule has 0 spiro atoms. The highest BCUT2D eigenvalue weighted by molar-refractivity contribution is 6.33. The quantitative estimate of drug-likeness (QED) is 0.360. The molecule has 3 aromatic heterocycles. The molecule has 0 saturated carbocycles. The summed E-state index contributed by atoms with van der Waals surface area (Å²) in [5, 5.41) is 0.732. The van der Waals surface area contributed by atoms with Crippen LogP contribution in [-0.4, -0.2) is 80.7 Å². The predicted octanol–water partition coefficient (Wildman–Crippen LogP) is 4.91. The Morgan fingerprint density at radius 3 is 2.71 bits per heavy atom. The summed E-state index contributed by atoms with van der Waals surface area (Å²) < 4.78 is 19.3. The van der Waals surface area contributed by atoms with Gasteiger partial charge in [0.25, 0.3) is 0 Å². The fourth-order valence-corrected chi connectivity index (χ4v) is 7.07. The van der Waals surface area contributed by atoms with Gasteiger partial charge in [0, 0.05) is 74.6 Å². The minimum atomic E-state index is -0.354. The molecule has 1 fully saturated rings. The summed E-state index contributed by atoms with van der Waals surface area (Å²) in [6.07, 6.45) is 8.83. The van der Waals surface area contributed by atoms with E-state index in [4.69, 9.17) is 0 Å². The number of carbonyl (C=O) groups excluding carboxylic acids is 2. The van der Waals surface area contributed by atoms with E-state index in [1.54, 1.807) is 12.1 Å². The lowest BCUT2D eigenvalue weighted by Gasteiger charge is -2.36. The normalized spacial score (nSPS) is 18.4. The van der Waals surface area contributed by atoms with E-state index in [0.717, 1.165) is 71.4 Å². The molecular formula is C32H35FN6O2. The largest absolute Gasteiger partial charge is 0.345 e. The zero-order chi connectivity index (χ0) is 28.2. The fraction of sp³-hybridized carbons (Fsp3) is 0.406. The van der Waals surface area contributed by atoms with Crippen LogP contribution in [0.5, 0.6) is 0 Å². The molecule has 0 atom stereocenters. The smallest absolute Gasteiger partial charge is 0.320 e. The summed E-state index contributed by atoms with van der Waals surface area (Å²) in [7, 11) is 4.18. The molecule has 0 bridgehead atoms. The van der Waals surface area contributed by atoms with Crippen molar-refractivity contribution < 1.29 is 14.0 Å². The number of pyridine rings is 1. The summed E-state index contributed by atoms with van der Waals surface area (Å²) in [6.45, 7) is 4.02. The van der Waals surface area contributed by atoms with Gasteiger partial charge in [-0.1, -0.05) is 6.07 Å². The van der Waals surface area contributed by atoms with Gasteiger partial charge in [0.2, 0.25) is 0 Å². The number of likely N-dealkylation sites (tertiary alicyclic amines) is 1. The molecule has 7 rings (SSSR count). The standard InChI is InChI=1S/C32H35FN6O2/c1-35(2)18-21-8-11-36(12-9-21)32(41)38-14-13-37-20-26(25-16-23(33)15-22(19-38)31(25)37)30-24(6-7-28(30)40)27-17-34-29-5-3-4-10-39(27)29/h3-5,10,15-17,20-21H,6-9,11-14,18-19H2,1-2H3. The molecule has 8 nitrogen and oxygen atoms in total. The number of Topliss-reactive ketones (excluding diaryl/α,β-unsaturated/α-hetero) is 1. The second-order valence-corrected chi connectivity index (χ2v) is 11.9. The summed E-state index contributed by atoms with van der Waals surface area (Å²) in [4.78, 5) is 37.5. The van der Waals surface area contributed by atoms with Crippen molar-refractivity contribution in [2.24, 2.45) is 5.92 Å². The lowest BCUT2D eigenvalue weighted by atomic mass is 9.96. The van der Waals surface area contributed by atoms with Gasteiger partial charge in [-0.25, -0.2) is 14.2 Å². The molecule has 41 heavy (non-hydrogen) atoms. The summed E-state index contributed by atoms with van der Waals surface area (Å²) in [6, 6.07) is 8.96. The van der Waals surface area contributed by atoms with Gasteiger partial charge in [0.1, 0.15) is 11.5 Å². The molecule has 0 N–H and O–H groups in total. The number of urea groups is 1. The molecule has 2 amide bonds. The third-order valence-corrected chi connectivity index (χ3v) is 8.95. The highest BCUT2D eigenvalue weighted by atomic mass is 19.1. The number of fused-ring (bicyclic) bond motifs is 1. The first-order valence-corrected chi connectivity index (χ1v) is 14.6.